The summed E-state index contributed by atoms with van der Waals surface area (Å²) >= 11 is 1.20. The Morgan fingerprint density at radius 3 is 2.93 bits per heavy atom. The topological polar surface area (TPSA) is 84.9 Å². The highest BCUT2D eigenvalue weighted by molar-refractivity contribution is 7.09. The van der Waals surface area contributed by atoms with Gasteiger partial charge in [-0.2, -0.15) is 4.98 Å². The van der Waals surface area contributed by atoms with Crippen molar-refractivity contribution in [1.82, 2.24) is 19.7 Å². The van der Waals surface area contributed by atoms with E-state index in [1.54, 1.807) is 0 Å². The minimum absolute atomic E-state index is 0.306. The summed E-state index contributed by atoms with van der Waals surface area (Å²) in [5, 5.41) is 17.0. The molecule has 2 aromatic rings. The van der Waals surface area contributed by atoms with Crippen molar-refractivity contribution in [3.05, 3.63) is 11.5 Å². The van der Waals surface area contributed by atoms with E-state index >= 15 is 0 Å². The maximum absolute atomic E-state index is 9.50. The van der Waals surface area contributed by atoms with Crippen molar-refractivity contribution in [3.8, 4) is 10.8 Å². The molecule has 80 valence electrons. The number of aliphatic hydroxyl groups is 1. The molecule has 0 amide bonds. The van der Waals surface area contributed by atoms with Crippen LogP contribution in [0.5, 0.6) is 0 Å². The third-order valence-corrected chi connectivity index (χ3v) is 2.79. The molecular weight excluding hydrogens is 216 g/mol. The zero-order chi connectivity index (χ0) is 10.8. The maximum Gasteiger partial charge on any atom is 0.271 e. The molecule has 15 heavy (non-hydrogen) atoms. The number of aryl methyl sites for hydroxylation is 1. The first-order chi connectivity index (χ1) is 7.22. The molecule has 0 aliphatic heterocycles. The summed E-state index contributed by atoms with van der Waals surface area (Å²) in [4.78, 5) is 4.83. The largest absolute Gasteiger partial charge is 0.385 e. The maximum atomic E-state index is 9.50. The normalized spacial score (nSPS) is 13.0. The van der Waals surface area contributed by atoms with E-state index in [0.717, 1.165) is 10.6 Å². The number of rotatable bonds is 3. The SMILES string of the molecule is CCC(O)c1noc(-c2snnc2C)n1. The smallest absolute Gasteiger partial charge is 0.271 e. The van der Waals surface area contributed by atoms with E-state index in [2.05, 4.69) is 19.7 Å². The van der Waals surface area contributed by atoms with Gasteiger partial charge in [0.2, 0.25) is 5.82 Å². The highest BCUT2D eigenvalue weighted by Gasteiger charge is 2.17. The Morgan fingerprint density at radius 1 is 1.53 bits per heavy atom. The van der Waals surface area contributed by atoms with Crippen LogP contribution in [0.15, 0.2) is 4.52 Å². The highest BCUT2D eigenvalue weighted by atomic mass is 32.1. The molecule has 6 nitrogen and oxygen atoms in total. The van der Waals surface area contributed by atoms with Gasteiger partial charge in [-0.1, -0.05) is 16.6 Å². The van der Waals surface area contributed by atoms with E-state index in [0.29, 0.717) is 18.1 Å². The predicted octanol–water partition coefficient (Wildman–Crippen LogP) is 1.34. The first-order valence-electron chi connectivity index (χ1n) is 4.53. The molecule has 0 fully saturated rings. The van der Waals surface area contributed by atoms with Gasteiger partial charge < -0.3 is 9.63 Å². The highest BCUT2D eigenvalue weighted by Crippen LogP contribution is 2.25. The van der Waals surface area contributed by atoms with Crippen LogP contribution in [0.4, 0.5) is 0 Å². The van der Waals surface area contributed by atoms with E-state index < -0.39 is 6.10 Å². The molecule has 0 saturated carbocycles. The van der Waals surface area contributed by atoms with Crippen LogP contribution in [0.3, 0.4) is 0 Å². The quantitative estimate of drug-likeness (QED) is 0.850. The molecule has 0 bridgehead atoms. The molecule has 0 radical (unpaired) electrons. The summed E-state index contributed by atoms with van der Waals surface area (Å²) in [7, 11) is 0. The molecular formula is C8H10N4O2S. The number of hydrogen-bond acceptors (Lipinski definition) is 7. The fourth-order valence-corrected chi connectivity index (χ4v) is 1.65. The zero-order valence-electron chi connectivity index (χ0n) is 8.34. The van der Waals surface area contributed by atoms with Crippen molar-refractivity contribution in [2.24, 2.45) is 0 Å². The molecule has 1 unspecified atom stereocenters. The third-order valence-electron chi connectivity index (χ3n) is 1.97. The lowest BCUT2D eigenvalue weighted by atomic mass is 10.3. The van der Waals surface area contributed by atoms with Gasteiger partial charge in [-0.25, -0.2) is 0 Å². The van der Waals surface area contributed by atoms with Crippen molar-refractivity contribution in [2.45, 2.75) is 26.4 Å². The van der Waals surface area contributed by atoms with Crippen LogP contribution in [-0.2, 0) is 0 Å². The van der Waals surface area contributed by atoms with Gasteiger partial charge in [0, 0.05) is 0 Å². The molecule has 0 aliphatic rings. The second kappa shape index (κ2) is 4.03. The van der Waals surface area contributed by atoms with Gasteiger partial charge >= 0.3 is 0 Å². The van der Waals surface area contributed by atoms with Crippen molar-refractivity contribution in [3.63, 3.8) is 0 Å². The van der Waals surface area contributed by atoms with Crippen molar-refractivity contribution in [2.75, 3.05) is 0 Å². The van der Waals surface area contributed by atoms with Crippen LogP contribution in [0.2, 0.25) is 0 Å². The molecule has 0 saturated heterocycles. The van der Waals surface area contributed by atoms with Crippen LogP contribution in [0.1, 0.15) is 31.0 Å². The Morgan fingerprint density at radius 2 is 2.33 bits per heavy atom. The summed E-state index contributed by atoms with van der Waals surface area (Å²) < 4.78 is 8.80. The molecule has 2 heterocycles. The second-order valence-electron chi connectivity index (χ2n) is 3.07. The summed E-state index contributed by atoms with van der Waals surface area (Å²) in [6.45, 7) is 3.67. The fourth-order valence-electron chi connectivity index (χ4n) is 1.07. The third kappa shape index (κ3) is 1.88. The Labute approximate surface area is 90.1 Å². The first kappa shape index (κ1) is 10.2. The Hall–Kier alpha value is -1.34. The van der Waals surface area contributed by atoms with E-state index in [1.807, 2.05) is 13.8 Å². The minimum Gasteiger partial charge on any atom is -0.385 e. The van der Waals surface area contributed by atoms with E-state index in [1.165, 1.54) is 11.5 Å². The minimum atomic E-state index is -0.677. The Balaban J connectivity index is 2.32. The van der Waals surface area contributed by atoms with Crippen molar-refractivity contribution >= 4 is 11.5 Å². The van der Waals surface area contributed by atoms with Crippen LogP contribution in [0.25, 0.3) is 10.8 Å². The van der Waals surface area contributed by atoms with Gasteiger partial charge in [0.25, 0.3) is 5.89 Å². The summed E-state index contributed by atoms with van der Waals surface area (Å²) in [5.41, 5.74) is 0.751. The van der Waals surface area contributed by atoms with Crippen LogP contribution < -0.4 is 0 Å². The first-order valence-corrected chi connectivity index (χ1v) is 5.30. The monoisotopic (exact) mass is 226 g/mol. The van der Waals surface area contributed by atoms with E-state index in [-0.39, 0.29) is 0 Å². The number of hydrogen-bond donors (Lipinski definition) is 1. The average molecular weight is 226 g/mol. The summed E-state index contributed by atoms with van der Waals surface area (Å²) in [6.07, 6.45) is -0.123. The Kier molecular flexibility index (Phi) is 2.74. The van der Waals surface area contributed by atoms with Crippen molar-refractivity contribution < 1.29 is 9.63 Å². The predicted molar refractivity (Wildman–Crippen MR) is 53.2 cm³/mol. The van der Waals surface area contributed by atoms with Gasteiger partial charge in [-0.3, -0.25) is 0 Å². The molecule has 2 rings (SSSR count). The zero-order valence-corrected chi connectivity index (χ0v) is 9.15. The van der Waals surface area contributed by atoms with Gasteiger partial charge in [0.15, 0.2) is 0 Å². The van der Waals surface area contributed by atoms with Crippen molar-refractivity contribution in [1.29, 1.82) is 0 Å². The van der Waals surface area contributed by atoms with Gasteiger partial charge in [0.05, 0.1) is 5.69 Å². The number of aliphatic hydroxyl groups excluding tert-OH is 1. The van der Waals surface area contributed by atoms with Crippen LogP contribution in [-0.4, -0.2) is 24.8 Å². The molecule has 7 heteroatoms. The van der Waals surface area contributed by atoms with Crippen LogP contribution in [0, 0.1) is 6.92 Å². The molecule has 0 aliphatic carbocycles. The lowest BCUT2D eigenvalue weighted by molar-refractivity contribution is 0.159. The average Bonchev–Trinajstić information content (AvgIpc) is 2.84. The lowest BCUT2D eigenvalue weighted by Gasteiger charge is -1.97. The second-order valence-corrected chi connectivity index (χ2v) is 3.82. The molecule has 1 atom stereocenters. The van der Waals surface area contributed by atoms with E-state index in [4.69, 9.17) is 4.52 Å². The lowest BCUT2D eigenvalue weighted by Crippen LogP contribution is -1.97. The van der Waals surface area contributed by atoms with Gasteiger partial charge in [-0.15, -0.1) is 5.10 Å². The number of aromatic nitrogens is 4. The fraction of sp³-hybridized carbons (Fsp3) is 0.500. The van der Waals surface area contributed by atoms with E-state index in [9.17, 15) is 5.11 Å². The summed E-state index contributed by atoms with van der Waals surface area (Å²) in [6, 6.07) is 0. The molecule has 1 N–H and O–H groups in total. The van der Waals surface area contributed by atoms with Gasteiger partial charge in [0.1, 0.15) is 11.0 Å². The molecule has 0 spiro atoms. The Bertz CT molecular complexity index is 453. The molecule has 0 aromatic carbocycles. The summed E-state index contributed by atoms with van der Waals surface area (Å²) in [5.74, 6) is 0.672. The standard InChI is InChI=1S/C8H10N4O2S/c1-3-5(13)7-9-8(14-11-7)6-4(2)10-12-15-6/h5,13H,3H2,1-2H3. The van der Waals surface area contributed by atoms with Gasteiger partial charge in [-0.05, 0) is 24.9 Å². The number of nitrogens with zero attached hydrogens (tertiary/aromatic N) is 4. The van der Waals surface area contributed by atoms with Crippen LogP contribution >= 0.6 is 11.5 Å². The molecule has 2 aromatic heterocycles.